The van der Waals surface area contributed by atoms with E-state index >= 15 is 0 Å². The molecule has 2 bridgehead atoms. The average molecular weight is 472 g/mol. The second-order valence-corrected chi connectivity index (χ2v) is 9.24. The molecule has 0 spiro atoms. The first-order valence-electron chi connectivity index (χ1n) is 8.24. The van der Waals surface area contributed by atoms with Crippen LogP contribution in [0.2, 0.25) is 0 Å². The summed E-state index contributed by atoms with van der Waals surface area (Å²) in [5.41, 5.74) is -1.04. The third-order valence-corrected chi connectivity index (χ3v) is 6.30. The molecule has 0 aliphatic carbocycles. The van der Waals surface area contributed by atoms with Gasteiger partial charge in [0.1, 0.15) is 5.84 Å². The van der Waals surface area contributed by atoms with Gasteiger partial charge < -0.3 is 4.90 Å². The van der Waals surface area contributed by atoms with Crippen LogP contribution in [0.5, 0.6) is 0 Å². The molecule has 0 aromatic heterocycles. The quantitative estimate of drug-likeness (QED) is 0.327. The molecule has 1 aromatic rings. The summed E-state index contributed by atoms with van der Waals surface area (Å²) in [7, 11) is -9.37. The molecule has 1 aromatic carbocycles. The van der Waals surface area contributed by atoms with Gasteiger partial charge in [0.05, 0.1) is 22.5 Å². The van der Waals surface area contributed by atoms with Gasteiger partial charge in [0.2, 0.25) is 0 Å². The minimum atomic E-state index is -4.96. The lowest BCUT2D eigenvalue weighted by Crippen LogP contribution is -2.50. The normalized spacial score (nSPS) is 22.3. The highest BCUT2D eigenvalue weighted by Crippen LogP contribution is 2.32. The highest BCUT2D eigenvalue weighted by Gasteiger charge is 2.48. The van der Waals surface area contributed by atoms with E-state index in [0.29, 0.717) is 17.2 Å². The standard InChI is InChI=1S/C14H15F3N4O7S2/c15-14(16,17)8-1-4-10(5-2-8)29(23,24)19-12(18)11-6-3-9-7-20(11)13(22)21(9)28-30(25,26)27/h1-2,4-5,9,11H,3,6-7H2,(H2,18,19)(H,25,26,27). The van der Waals surface area contributed by atoms with Gasteiger partial charge in [-0.15, -0.1) is 4.28 Å². The molecule has 16 heteroatoms. The Balaban J connectivity index is 1.74. The molecule has 2 aliphatic heterocycles. The number of hydroxylamine groups is 2. The van der Waals surface area contributed by atoms with Crippen molar-refractivity contribution in [3.63, 3.8) is 0 Å². The monoisotopic (exact) mass is 472 g/mol. The number of hydrogen-bond donors (Lipinski definition) is 3. The number of nitrogens with one attached hydrogen (secondary N) is 2. The van der Waals surface area contributed by atoms with E-state index in [0.717, 1.165) is 17.0 Å². The topological polar surface area (TPSA) is 157 Å². The van der Waals surface area contributed by atoms with Crippen molar-refractivity contribution >= 4 is 32.3 Å². The van der Waals surface area contributed by atoms with Gasteiger partial charge in [-0.05, 0) is 37.1 Å². The van der Waals surface area contributed by atoms with Crippen molar-refractivity contribution in [3.8, 4) is 0 Å². The summed E-state index contributed by atoms with van der Waals surface area (Å²) in [4.78, 5) is 12.8. The van der Waals surface area contributed by atoms with Crippen LogP contribution < -0.4 is 4.72 Å². The first-order valence-corrected chi connectivity index (χ1v) is 11.1. The third kappa shape index (κ3) is 4.50. The number of halogens is 3. The van der Waals surface area contributed by atoms with Crippen LogP contribution >= 0.6 is 0 Å². The maximum Gasteiger partial charge on any atom is 0.418 e. The zero-order valence-corrected chi connectivity index (χ0v) is 16.5. The molecule has 3 rings (SSSR count). The van der Waals surface area contributed by atoms with Crippen LogP contribution in [0.3, 0.4) is 0 Å². The summed E-state index contributed by atoms with van der Waals surface area (Å²) in [5.74, 6) is -0.629. The van der Waals surface area contributed by atoms with Crippen LogP contribution in [0.1, 0.15) is 18.4 Å². The van der Waals surface area contributed by atoms with Crippen molar-refractivity contribution in [2.24, 2.45) is 0 Å². The van der Waals surface area contributed by atoms with Crippen molar-refractivity contribution < 1.29 is 43.6 Å². The molecule has 11 nitrogen and oxygen atoms in total. The SMILES string of the molecule is N=C(NS(=O)(=O)c1ccc(C(F)(F)F)cc1)C1CCC2CN1C(=O)N2OS(=O)(=O)O. The summed E-state index contributed by atoms with van der Waals surface area (Å²) >= 11 is 0. The Kier molecular flexibility index (Phi) is 5.46. The zero-order chi connectivity index (χ0) is 22.5. The van der Waals surface area contributed by atoms with Crippen molar-refractivity contribution in [1.29, 1.82) is 5.41 Å². The highest BCUT2D eigenvalue weighted by molar-refractivity contribution is 7.90. The highest BCUT2D eigenvalue weighted by atomic mass is 32.3. The molecular formula is C14H15F3N4O7S2. The van der Waals surface area contributed by atoms with E-state index in [9.17, 15) is 34.8 Å². The molecule has 2 fully saturated rings. The molecule has 2 amide bonds. The van der Waals surface area contributed by atoms with E-state index in [1.54, 1.807) is 0 Å². The van der Waals surface area contributed by atoms with Crippen LogP contribution in [-0.4, -0.2) is 61.8 Å². The molecule has 3 N–H and O–H groups in total. The Hall–Kier alpha value is -2.43. The van der Waals surface area contributed by atoms with Crippen LogP contribution in [0.25, 0.3) is 0 Å². The number of amides is 2. The smallest absolute Gasteiger partial charge is 0.310 e. The number of carbonyl (C=O) groups excluding carboxylic acids is 1. The van der Waals surface area contributed by atoms with Crippen molar-refractivity contribution in [3.05, 3.63) is 29.8 Å². The number of hydrogen-bond acceptors (Lipinski definition) is 7. The van der Waals surface area contributed by atoms with Crippen molar-refractivity contribution in [2.75, 3.05) is 6.54 Å². The second-order valence-electron chi connectivity index (χ2n) is 6.55. The predicted molar refractivity (Wildman–Crippen MR) is 92.9 cm³/mol. The fraction of sp³-hybridized carbons (Fsp3) is 0.429. The molecule has 2 atom stereocenters. The lowest BCUT2D eigenvalue weighted by Gasteiger charge is -2.30. The van der Waals surface area contributed by atoms with Gasteiger partial charge >= 0.3 is 22.6 Å². The Morgan fingerprint density at radius 3 is 2.30 bits per heavy atom. The van der Waals surface area contributed by atoms with Gasteiger partial charge in [-0.1, -0.05) is 0 Å². The minimum Gasteiger partial charge on any atom is -0.310 e. The largest absolute Gasteiger partial charge is 0.418 e. The maximum atomic E-state index is 12.6. The number of nitrogens with zero attached hydrogens (tertiary/aromatic N) is 2. The first-order chi connectivity index (χ1) is 13.7. The van der Waals surface area contributed by atoms with Gasteiger partial charge in [-0.25, -0.2) is 13.2 Å². The lowest BCUT2D eigenvalue weighted by molar-refractivity contribution is -0.137. The molecule has 0 radical (unpaired) electrons. The summed E-state index contributed by atoms with van der Waals surface area (Å²) in [6, 6.07) is -0.159. The molecular weight excluding hydrogens is 457 g/mol. The third-order valence-electron chi connectivity index (χ3n) is 4.57. The molecule has 2 aliphatic rings. The number of carbonyl (C=O) groups is 1. The molecule has 0 saturated carbocycles. The van der Waals surface area contributed by atoms with E-state index in [4.69, 9.17) is 9.96 Å². The predicted octanol–water partition coefficient (Wildman–Crippen LogP) is 0.964. The van der Waals surface area contributed by atoms with Crippen LogP contribution in [0.4, 0.5) is 18.0 Å². The van der Waals surface area contributed by atoms with Crippen molar-refractivity contribution in [1.82, 2.24) is 14.7 Å². The number of sulfonamides is 1. The maximum absolute atomic E-state index is 12.6. The lowest BCUT2D eigenvalue weighted by atomic mass is 10.0. The van der Waals surface area contributed by atoms with Gasteiger partial charge in [-0.3, -0.25) is 14.7 Å². The number of piperidine rings is 1. The van der Waals surface area contributed by atoms with Crippen LogP contribution in [0, 0.1) is 5.41 Å². The number of amidine groups is 1. The van der Waals surface area contributed by atoms with Gasteiger partial charge in [0.15, 0.2) is 0 Å². The van der Waals surface area contributed by atoms with Crippen molar-refractivity contribution in [2.45, 2.75) is 36.0 Å². The van der Waals surface area contributed by atoms with E-state index in [1.165, 1.54) is 0 Å². The summed E-state index contributed by atoms with van der Waals surface area (Å²) in [6.07, 6.45) is -4.42. The Labute approximate surface area is 168 Å². The Morgan fingerprint density at radius 1 is 1.17 bits per heavy atom. The van der Waals surface area contributed by atoms with E-state index in [1.807, 2.05) is 4.72 Å². The van der Waals surface area contributed by atoms with E-state index < -0.39 is 61.0 Å². The van der Waals surface area contributed by atoms with Gasteiger partial charge in [-0.2, -0.15) is 26.7 Å². The van der Waals surface area contributed by atoms with Crippen LogP contribution in [-0.2, 0) is 30.9 Å². The summed E-state index contributed by atoms with van der Waals surface area (Å²) in [6.45, 7) is -0.0800. The fourth-order valence-electron chi connectivity index (χ4n) is 3.23. The Bertz CT molecular complexity index is 1070. The molecule has 166 valence electrons. The second kappa shape index (κ2) is 7.36. The number of fused-ring (bicyclic) bond motifs is 2. The Morgan fingerprint density at radius 2 is 1.77 bits per heavy atom. The van der Waals surface area contributed by atoms with Gasteiger partial charge in [0, 0.05) is 6.54 Å². The molecule has 2 saturated heterocycles. The van der Waals surface area contributed by atoms with Gasteiger partial charge in [0.25, 0.3) is 10.0 Å². The summed E-state index contributed by atoms with van der Waals surface area (Å²) in [5, 5.41) is 8.46. The van der Waals surface area contributed by atoms with E-state index in [-0.39, 0.29) is 19.4 Å². The summed E-state index contributed by atoms with van der Waals surface area (Å²) < 4.78 is 99.4. The number of benzene rings is 1. The minimum absolute atomic E-state index is 0.0795. The van der Waals surface area contributed by atoms with Crippen LogP contribution in [0.15, 0.2) is 29.2 Å². The first kappa shape index (κ1) is 22.3. The fourth-order valence-corrected chi connectivity index (χ4v) is 4.65. The molecule has 2 heterocycles. The number of urea groups is 1. The zero-order valence-electron chi connectivity index (χ0n) is 14.8. The number of rotatable bonds is 5. The molecule has 2 unspecified atom stereocenters. The van der Waals surface area contributed by atoms with E-state index in [2.05, 4.69) is 4.28 Å². The average Bonchev–Trinajstić information content (AvgIpc) is 2.84. The molecule has 30 heavy (non-hydrogen) atoms. The number of alkyl halides is 3.